The lowest BCUT2D eigenvalue weighted by Gasteiger charge is -1.93. The summed E-state index contributed by atoms with van der Waals surface area (Å²) in [6, 6.07) is 0. The number of carbonyl (C=O) groups excluding carboxylic acids is 1. The fourth-order valence-corrected chi connectivity index (χ4v) is 0.831. The molecule has 0 spiro atoms. The smallest absolute Gasteiger partial charge is 0.332 e. The molecule has 0 aromatic carbocycles. The maximum atomic E-state index is 9.84. The first-order valence-electron chi connectivity index (χ1n) is 5.40. The van der Waals surface area contributed by atoms with Crippen molar-refractivity contribution in [1.29, 1.82) is 0 Å². The van der Waals surface area contributed by atoms with Crippen LogP contribution in [0, 0.1) is 0 Å². The quantitative estimate of drug-likeness (QED) is 0.506. The van der Waals surface area contributed by atoms with Crippen molar-refractivity contribution in [3.63, 3.8) is 0 Å². The Labute approximate surface area is 91.3 Å². The van der Waals surface area contributed by atoms with Gasteiger partial charge in [0.05, 0.1) is 0 Å². The van der Waals surface area contributed by atoms with Gasteiger partial charge in [0.2, 0.25) is 0 Å². The summed E-state index contributed by atoms with van der Waals surface area (Å²) in [6.45, 7) is 3.39. The molecule has 1 unspecified atom stereocenters. The predicted octanol–water partition coefficient (Wildman–Crippen LogP) is 2.00. The van der Waals surface area contributed by atoms with Crippen LogP contribution < -0.4 is 0 Å². The third kappa shape index (κ3) is 19.5. The lowest BCUT2D eigenvalue weighted by Crippen LogP contribution is -2.13. The lowest BCUT2D eigenvalue weighted by atomic mass is 10.1. The van der Waals surface area contributed by atoms with Crippen LogP contribution in [0.3, 0.4) is 0 Å². The summed E-state index contributed by atoms with van der Waals surface area (Å²) in [7, 11) is 0. The summed E-state index contributed by atoms with van der Waals surface area (Å²) < 4.78 is 0. The van der Waals surface area contributed by atoms with E-state index in [1.165, 1.54) is 32.6 Å². The maximum absolute atomic E-state index is 9.84. The lowest BCUT2D eigenvalue weighted by molar-refractivity contribution is -0.145. The van der Waals surface area contributed by atoms with Gasteiger partial charge >= 0.3 is 5.97 Å². The maximum Gasteiger partial charge on any atom is 0.332 e. The Morgan fingerprint density at radius 2 is 1.73 bits per heavy atom. The molecule has 0 fully saturated rings. The van der Waals surface area contributed by atoms with Crippen molar-refractivity contribution in [1.82, 2.24) is 0 Å². The average Bonchev–Trinajstić information content (AvgIpc) is 2.18. The number of carboxylic acids is 1. The number of carboxylic acid groups (broad SMARTS) is 1. The molecule has 0 aromatic heterocycles. The van der Waals surface area contributed by atoms with E-state index in [4.69, 9.17) is 10.2 Å². The minimum Gasteiger partial charge on any atom is -0.479 e. The van der Waals surface area contributed by atoms with Gasteiger partial charge in [0.15, 0.2) is 0 Å². The molecule has 0 aliphatic rings. The molecule has 4 nitrogen and oxygen atoms in total. The van der Waals surface area contributed by atoms with Crippen molar-refractivity contribution in [2.45, 2.75) is 58.5 Å². The highest BCUT2D eigenvalue weighted by atomic mass is 16.4. The number of carbonyl (C=O) groups is 2. The number of rotatable bonds is 7. The summed E-state index contributed by atoms with van der Waals surface area (Å²) in [5.74, 6) is -1.19. The number of aldehydes is 1. The van der Waals surface area contributed by atoms with Crippen molar-refractivity contribution in [2.24, 2.45) is 0 Å². The zero-order valence-electron chi connectivity index (χ0n) is 9.61. The number of unbranched alkanes of at least 4 members (excludes halogenated alkanes) is 5. The van der Waals surface area contributed by atoms with E-state index < -0.39 is 12.1 Å². The van der Waals surface area contributed by atoms with Crippen molar-refractivity contribution in [3.05, 3.63) is 0 Å². The van der Waals surface area contributed by atoms with Gasteiger partial charge in [0.1, 0.15) is 12.4 Å². The summed E-state index contributed by atoms with van der Waals surface area (Å²) in [5.41, 5.74) is 0. The SMILES string of the molecule is CC(O)C(=O)O.CCCCCCCC=O. The van der Waals surface area contributed by atoms with E-state index in [-0.39, 0.29) is 0 Å². The molecule has 0 saturated carbocycles. The Bertz CT molecular complexity index is 155. The molecule has 4 heteroatoms. The number of aliphatic hydroxyl groups excluding tert-OH is 1. The standard InChI is InChI=1S/C8H16O.C3H6O3/c1-2-3-4-5-6-7-8-9;1-2(4)3(5)6/h8H,2-7H2,1H3;2,4H,1H3,(H,5,6). The molecule has 0 bridgehead atoms. The highest BCUT2D eigenvalue weighted by molar-refractivity contribution is 5.71. The van der Waals surface area contributed by atoms with Crippen LogP contribution in [0.15, 0.2) is 0 Å². The van der Waals surface area contributed by atoms with Crippen LogP contribution in [0.4, 0.5) is 0 Å². The van der Waals surface area contributed by atoms with Crippen LogP contribution in [0.5, 0.6) is 0 Å². The topological polar surface area (TPSA) is 74.6 Å². The molecular formula is C11H22O4. The van der Waals surface area contributed by atoms with Crippen LogP contribution in [0.25, 0.3) is 0 Å². The molecule has 0 aliphatic heterocycles. The molecule has 90 valence electrons. The van der Waals surface area contributed by atoms with Gasteiger partial charge < -0.3 is 15.0 Å². The highest BCUT2D eigenvalue weighted by Crippen LogP contribution is 2.02. The Morgan fingerprint density at radius 3 is 2.07 bits per heavy atom. The van der Waals surface area contributed by atoms with Crippen molar-refractivity contribution in [3.8, 4) is 0 Å². The molecule has 0 aromatic rings. The van der Waals surface area contributed by atoms with Crippen molar-refractivity contribution < 1.29 is 19.8 Å². The molecule has 0 radical (unpaired) electrons. The van der Waals surface area contributed by atoms with Gasteiger partial charge in [0.25, 0.3) is 0 Å². The zero-order chi connectivity index (χ0) is 12.1. The first-order valence-corrected chi connectivity index (χ1v) is 5.40. The minimum absolute atomic E-state index is 0.754. The Hall–Kier alpha value is -0.900. The molecule has 0 amide bonds. The predicted molar refractivity (Wildman–Crippen MR) is 58.8 cm³/mol. The van der Waals surface area contributed by atoms with Crippen molar-refractivity contribution in [2.75, 3.05) is 0 Å². The molecule has 0 saturated heterocycles. The van der Waals surface area contributed by atoms with Gasteiger partial charge in [-0.1, -0.05) is 32.6 Å². The van der Waals surface area contributed by atoms with Crippen LogP contribution in [-0.2, 0) is 9.59 Å². The van der Waals surface area contributed by atoms with Gasteiger partial charge in [-0.25, -0.2) is 4.79 Å². The zero-order valence-corrected chi connectivity index (χ0v) is 9.61. The number of hydrogen-bond acceptors (Lipinski definition) is 3. The molecule has 0 rings (SSSR count). The van der Waals surface area contributed by atoms with E-state index in [9.17, 15) is 9.59 Å². The summed E-state index contributed by atoms with van der Waals surface area (Å²) in [5, 5.41) is 15.8. The third-order valence-electron chi connectivity index (χ3n) is 1.78. The van der Waals surface area contributed by atoms with Crippen LogP contribution >= 0.6 is 0 Å². The molecule has 2 N–H and O–H groups in total. The van der Waals surface area contributed by atoms with Gasteiger partial charge in [-0.2, -0.15) is 0 Å². The minimum atomic E-state index is -1.23. The first-order chi connectivity index (χ1) is 7.06. The second-order valence-electron chi connectivity index (χ2n) is 3.38. The van der Waals surface area contributed by atoms with Gasteiger partial charge in [-0.05, 0) is 13.3 Å². The number of hydrogen-bond donors (Lipinski definition) is 2. The van der Waals surface area contributed by atoms with Crippen LogP contribution in [-0.4, -0.2) is 28.6 Å². The monoisotopic (exact) mass is 218 g/mol. The highest BCUT2D eigenvalue weighted by Gasteiger charge is 2.01. The second-order valence-corrected chi connectivity index (χ2v) is 3.38. The average molecular weight is 218 g/mol. The normalized spacial score (nSPS) is 11.1. The molecule has 1 atom stereocenters. The summed E-state index contributed by atoms with van der Waals surface area (Å²) in [4.78, 5) is 19.3. The fraction of sp³-hybridized carbons (Fsp3) is 0.818. The van der Waals surface area contributed by atoms with Crippen LogP contribution in [0.1, 0.15) is 52.4 Å². The van der Waals surface area contributed by atoms with Gasteiger partial charge in [-0.3, -0.25) is 0 Å². The third-order valence-corrected chi connectivity index (χ3v) is 1.78. The molecule has 0 heterocycles. The molecule has 15 heavy (non-hydrogen) atoms. The summed E-state index contributed by atoms with van der Waals surface area (Å²) in [6.07, 6.45) is 6.74. The van der Waals surface area contributed by atoms with Gasteiger partial charge in [-0.15, -0.1) is 0 Å². The van der Waals surface area contributed by atoms with E-state index in [0.29, 0.717) is 0 Å². The Kier molecular flexibility index (Phi) is 14.4. The van der Waals surface area contributed by atoms with Gasteiger partial charge in [0, 0.05) is 6.42 Å². The molecular weight excluding hydrogens is 196 g/mol. The summed E-state index contributed by atoms with van der Waals surface area (Å²) >= 11 is 0. The Morgan fingerprint density at radius 1 is 1.27 bits per heavy atom. The van der Waals surface area contributed by atoms with E-state index in [1.54, 1.807) is 0 Å². The molecule has 0 aliphatic carbocycles. The largest absolute Gasteiger partial charge is 0.479 e. The first kappa shape index (κ1) is 16.5. The van der Waals surface area contributed by atoms with E-state index in [0.717, 1.165) is 19.1 Å². The van der Waals surface area contributed by atoms with E-state index in [1.807, 2.05) is 0 Å². The van der Waals surface area contributed by atoms with E-state index >= 15 is 0 Å². The Balaban J connectivity index is 0. The fourth-order valence-electron chi connectivity index (χ4n) is 0.831. The second kappa shape index (κ2) is 13.1. The number of aliphatic carboxylic acids is 1. The van der Waals surface area contributed by atoms with E-state index in [2.05, 4.69) is 6.92 Å². The number of aliphatic hydroxyl groups is 1. The van der Waals surface area contributed by atoms with Crippen molar-refractivity contribution >= 4 is 12.3 Å². The van der Waals surface area contributed by atoms with Crippen LogP contribution in [0.2, 0.25) is 0 Å².